The van der Waals surface area contributed by atoms with Gasteiger partial charge in [-0.2, -0.15) is 0 Å². The minimum Gasteiger partial charge on any atom is -0.480 e. The van der Waals surface area contributed by atoms with Gasteiger partial charge in [0.15, 0.2) is 0 Å². The Balaban J connectivity index is 1.74. The van der Waals surface area contributed by atoms with Crippen molar-refractivity contribution in [3.63, 3.8) is 0 Å². The average Bonchev–Trinajstić information content (AvgIpc) is 3.33. The van der Waals surface area contributed by atoms with Gasteiger partial charge in [0.25, 0.3) is 5.91 Å². The molecule has 4 rings (SSSR count). The smallest absolute Gasteiger partial charge is 0.322 e. The normalized spacial score (nSPS) is 17.6. The Morgan fingerprint density at radius 2 is 1.78 bits per heavy atom. The number of aromatic nitrogens is 1. The summed E-state index contributed by atoms with van der Waals surface area (Å²) in [6, 6.07) is 18.4. The third kappa shape index (κ3) is 6.57. The fourth-order valence-electron chi connectivity index (χ4n) is 4.41. The molecule has 1 aliphatic rings. The Morgan fingerprint density at radius 3 is 2.28 bits per heavy atom. The highest BCUT2D eigenvalue weighted by Gasteiger charge is 2.41. The quantitative estimate of drug-likeness (QED) is 0.375. The summed E-state index contributed by atoms with van der Waals surface area (Å²) in [4.78, 5) is 32.5. The number of ether oxygens (including phenoxy) is 1. The lowest BCUT2D eigenvalue weighted by atomic mass is 10.0. The summed E-state index contributed by atoms with van der Waals surface area (Å²) < 4.78 is 6.62. The van der Waals surface area contributed by atoms with E-state index in [0.29, 0.717) is 42.1 Å². The number of benzene rings is 2. The lowest BCUT2D eigenvalue weighted by molar-refractivity contribution is -0.153. The number of hydrazine groups is 1. The van der Waals surface area contributed by atoms with Crippen molar-refractivity contribution in [3.05, 3.63) is 86.8 Å². The van der Waals surface area contributed by atoms with E-state index in [0.717, 1.165) is 11.1 Å². The third-order valence-electron chi connectivity index (χ3n) is 6.13. The molecule has 8 nitrogen and oxygen atoms in total. The molecule has 36 heavy (non-hydrogen) atoms. The number of hydrogen-bond donors (Lipinski definition) is 2. The van der Waals surface area contributed by atoms with Gasteiger partial charge in [0.05, 0.1) is 0 Å². The van der Waals surface area contributed by atoms with Gasteiger partial charge in [-0.05, 0) is 39.9 Å². The summed E-state index contributed by atoms with van der Waals surface area (Å²) in [5.41, 5.74) is 5.03. The maximum atomic E-state index is 14.2. The monoisotopic (exact) mass is 572 g/mol. The largest absolute Gasteiger partial charge is 0.480 e. The highest BCUT2D eigenvalue weighted by Crippen LogP contribution is 2.32. The Labute approximate surface area is 223 Å². The van der Waals surface area contributed by atoms with E-state index < -0.39 is 24.2 Å². The van der Waals surface area contributed by atoms with E-state index in [9.17, 15) is 14.7 Å². The molecule has 3 aromatic rings. The van der Waals surface area contributed by atoms with Crippen molar-refractivity contribution < 1.29 is 19.4 Å². The summed E-state index contributed by atoms with van der Waals surface area (Å²) >= 11 is 4.83. The Hall–Kier alpha value is -2.63. The maximum absolute atomic E-state index is 14.2. The van der Waals surface area contributed by atoms with Crippen LogP contribution in [0.15, 0.2) is 70.6 Å². The van der Waals surface area contributed by atoms with Gasteiger partial charge in [-0.3, -0.25) is 19.5 Å². The number of carbonyl (C=O) groups excluding carboxylic acids is 1. The van der Waals surface area contributed by atoms with Crippen LogP contribution in [0.4, 0.5) is 0 Å². The fraction of sp³-hybridized carbons (Fsp3) is 0.346. The van der Waals surface area contributed by atoms with Crippen molar-refractivity contribution in [2.45, 2.75) is 44.1 Å². The molecule has 1 unspecified atom stereocenters. The average molecular weight is 574 g/mol. The van der Waals surface area contributed by atoms with Crippen molar-refractivity contribution >= 4 is 39.1 Å². The predicted octanol–water partition coefficient (Wildman–Crippen LogP) is 4.24. The topological polar surface area (TPSA) is 95.0 Å². The molecule has 1 aliphatic heterocycles. The molecule has 0 spiro atoms. The number of carbonyl (C=O) groups is 2. The van der Waals surface area contributed by atoms with Crippen molar-refractivity contribution in [2.75, 3.05) is 13.7 Å². The fourth-order valence-corrected chi connectivity index (χ4v) is 5.78. The van der Waals surface area contributed by atoms with E-state index in [1.165, 1.54) is 16.3 Å². The van der Waals surface area contributed by atoms with Gasteiger partial charge in [-0.25, -0.2) is 10.4 Å². The van der Waals surface area contributed by atoms with Crippen molar-refractivity contribution in [2.24, 2.45) is 0 Å². The molecular weight excluding hydrogens is 544 g/mol. The van der Waals surface area contributed by atoms with Crippen LogP contribution in [-0.4, -0.2) is 57.6 Å². The minimum atomic E-state index is -0.971. The molecule has 2 aromatic carbocycles. The molecule has 10 heteroatoms. The number of carboxylic acids is 1. The Kier molecular flexibility index (Phi) is 9.22. The van der Waals surface area contributed by atoms with E-state index in [4.69, 9.17) is 4.74 Å². The molecule has 0 aliphatic carbocycles. The minimum absolute atomic E-state index is 0.244. The highest BCUT2D eigenvalue weighted by molar-refractivity contribution is 9.10. The lowest BCUT2D eigenvalue weighted by Gasteiger charge is -2.40. The zero-order valence-corrected chi connectivity index (χ0v) is 22.3. The van der Waals surface area contributed by atoms with Gasteiger partial charge in [0, 0.05) is 32.1 Å². The second-order valence-electron chi connectivity index (χ2n) is 8.64. The van der Waals surface area contributed by atoms with Crippen LogP contribution in [0.5, 0.6) is 0 Å². The Bertz CT molecular complexity index is 1110. The van der Waals surface area contributed by atoms with Crippen LogP contribution >= 0.6 is 27.3 Å². The number of rotatable bonds is 10. The van der Waals surface area contributed by atoms with Gasteiger partial charge >= 0.3 is 5.97 Å². The van der Waals surface area contributed by atoms with Crippen LogP contribution in [-0.2, 0) is 27.4 Å². The van der Waals surface area contributed by atoms with E-state index in [1.807, 2.05) is 66.0 Å². The molecular formula is C26H29BrN4O4S. The van der Waals surface area contributed by atoms with Crippen LogP contribution in [0.25, 0.3) is 0 Å². The number of aliphatic carboxylic acids is 1. The SMILES string of the molecule is CO[C@H](c1nc(Br)cs1)C(C(=O)N1CCC[C@@H](C(=O)O)N1)N(Cc1ccccc1)Cc1ccccc1. The van der Waals surface area contributed by atoms with E-state index in [2.05, 4.69) is 31.2 Å². The molecule has 190 valence electrons. The first-order chi connectivity index (χ1) is 17.5. The van der Waals surface area contributed by atoms with Crippen LogP contribution in [0.1, 0.15) is 35.1 Å². The second kappa shape index (κ2) is 12.6. The van der Waals surface area contributed by atoms with Crippen molar-refractivity contribution in [3.8, 4) is 0 Å². The van der Waals surface area contributed by atoms with Gasteiger partial charge in [-0.15, -0.1) is 11.3 Å². The number of hydrogen-bond acceptors (Lipinski definition) is 7. The van der Waals surface area contributed by atoms with Crippen LogP contribution in [0, 0.1) is 0 Å². The first-order valence-electron chi connectivity index (χ1n) is 11.7. The molecule has 1 saturated heterocycles. The van der Waals surface area contributed by atoms with Crippen molar-refractivity contribution in [1.82, 2.24) is 20.3 Å². The van der Waals surface area contributed by atoms with E-state index in [-0.39, 0.29) is 5.91 Å². The highest BCUT2D eigenvalue weighted by atomic mass is 79.9. The summed E-state index contributed by atoms with van der Waals surface area (Å²) in [6.45, 7) is 1.41. The summed E-state index contributed by atoms with van der Waals surface area (Å²) in [6.07, 6.45) is 0.405. The molecule has 0 radical (unpaired) electrons. The number of amides is 1. The number of halogens is 1. The van der Waals surface area contributed by atoms with E-state index in [1.54, 1.807) is 7.11 Å². The number of nitrogens with one attached hydrogen (secondary N) is 1. The maximum Gasteiger partial charge on any atom is 0.322 e. The zero-order chi connectivity index (χ0) is 25.5. The number of nitrogens with zero attached hydrogens (tertiary/aromatic N) is 3. The standard InChI is InChI=1S/C26H29BrN4O4S/c1-35-23(24-28-21(27)17-36-24)22(25(32)31-14-8-13-20(29-31)26(33)34)30(15-18-9-4-2-5-10-18)16-19-11-6-3-7-12-19/h2-7,9-12,17,20,22-23,29H,8,13-16H2,1H3,(H,33,34)/t20-,22?,23-/m0/s1. The van der Waals surface area contributed by atoms with Gasteiger partial charge in [0.2, 0.25) is 0 Å². The summed E-state index contributed by atoms with van der Waals surface area (Å²) in [5, 5.41) is 13.5. The van der Waals surface area contributed by atoms with Gasteiger partial charge in [-0.1, -0.05) is 60.7 Å². The van der Waals surface area contributed by atoms with Crippen molar-refractivity contribution in [1.29, 1.82) is 0 Å². The molecule has 2 N–H and O–H groups in total. The molecule has 1 aromatic heterocycles. The van der Waals surface area contributed by atoms with Gasteiger partial charge < -0.3 is 9.84 Å². The predicted molar refractivity (Wildman–Crippen MR) is 141 cm³/mol. The molecule has 3 atom stereocenters. The summed E-state index contributed by atoms with van der Waals surface area (Å²) in [5.74, 6) is -1.22. The lowest BCUT2D eigenvalue weighted by Crippen LogP contribution is -2.60. The van der Waals surface area contributed by atoms with E-state index >= 15 is 0 Å². The zero-order valence-electron chi connectivity index (χ0n) is 19.9. The van der Waals surface area contributed by atoms with Crippen LogP contribution < -0.4 is 5.43 Å². The molecule has 1 fully saturated rings. The molecule has 0 bridgehead atoms. The third-order valence-corrected chi connectivity index (χ3v) is 7.75. The Morgan fingerprint density at radius 1 is 1.17 bits per heavy atom. The molecule has 0 saturated carbocycles. The number of carboxylic acid groups (broad SMARTS) is 1. The number of methoxy groups -OCH3 is 1. The first-order valence-corrected chi connectivity index (χ1v) is 13.4. The van der Waals surface area contributed by atoms with Crippen LogP contribution in [0.2, 0.25) is 0 Å². The second-order valence-corrected chi connectivity index (χ2v) is 10.3. The molecule has 1 amide bonds. The molecule has 2 heterocycles. The first kappa shape index (κ1) is 26.4. The van der Waals surface area contributed by atoms with Gasteiger partial charge in [0.1, 0.15) is 27.8 Å². The summed E-state index contributed by atoms with van der Waals surface area (Å²) in [7, 11) is 1.58. The number of thiazole rings is 1. The van der Waals surface area contributed by atoms with Crippen LogP contribution in [0.3, 0.4) is 0 Å².